The van der Waals surface area contributed by atoms with E-state index in [0.29, 0.717) is 0 Å². The Kier molecular flexibility index (Phi) is 2.81. The maximum Gasteiger partial charge on any atom is 0.257 e. The Bertz CT molecular complexity index is 415. The van der Waals surface area contributed by atoms with E-state index in [1.165, 1.54) is 6.07 Å². The van der Waals surface area contributed by atoms with Crippen molar-refractivity contribution in [2.45, 2.75) is 25.3 Å². The normalized spacial score (nSPS) is 15.6. The van der Waals surface area contributed by atoms with Crippen LogP contribution in [0.1, 0.15) is 29.6 Å². The fourth-order valence-electron chi connectivity index (χ4n) is 1.81. The highest BCUT2D eigenvalue weighted by Gasteiger charge is 2.27. The molecule has 0 aromatic heterocycles. The smallest absolute Gasteiger partial charge is 0.257 e. The zero-order valence-corrected chi connectivity index (χ0v) is 9.11. The SMILES string of the molecule is CN(C(=O)c1cc(F)ccc1O)C1CCC1. The molecular formula is C12H14FNO2. The molecule has 1 aromatic carbocycles. The summed E-state index contributed by atoms with van der Waals surface area (Å²) >= 11 is 0. The van der Waals surface area contributed by atoms with Crippen molar-refractivity contribution in [2.24, 2.45) is 0 Å². The molecule has 0 saturated heterocycles. The quantitative estimate of drug-likeness (QED) is 0.834. The first-order valence-electron chi connectivity index (χ1n) is 5.35. The first-order chi connectivity index (χ1) is 7.59. The van der Waals surface area contributed by atoms with Crippen LogP contribution in [-0.4, -0.2) is 29.0 Å². The Morgan fingerprint density at radius 1 is 1.50 bits per heavy atom. The summed E-state index contributed by atoms with van der Waals surface area (Å²) < 4.78 is 13.0. The van der Waals surface area contributed by atoms with Gasteiger partial charge in [-0.3, -0.25) is 4.79 Å². The number of hydrogen-bond donors (Lipinski definition) is 1. The second-order valence-corrected chi connectivity index (χ2v) is 4.16. The summed E-state index contributed by atoms with van der Waals surface area (Å²) in [6.07, 6.45) is 3.09. The molecule has 2 rings (SSSR count). The van der Waals surface area contributed by atoms with Gasteiger partial charge in [0.25, 0.3) is 5.91 Å². The van der Waals surface area contributed by atoms with Crippen molar-refractivity contribution in [2.75, 3.05) is 7.05 Å². The molecule has 0 heterocycles. The number of nitrogens with zero attached hydrogens (tertiary/aromatic N) is 1. The highest BCUT2D eigenvalue weighted by atomic mass is 19.1. The van der Waals surface area contributed by atoms with Crippen molar-refractivity contribution < 1.29 is 14.3 Å². The van der Waals surface area contributed by atoms with Crippen LogP contribution in [0.15, 0.2) is 18.2 Å². The van der Waals surface area contributed by atoms with Crippen LogP contribution in [0.3, 0.4) is 0 Å². The zero-order valence-electron chi connectivity index (χ0n) is 9.11. The first kappa shape index (κ1) is 10.9. The number of carbonyl (C=O) groups excluding carboxylic acids is 1. The molecule has 0 aliphatic heterocycles. The lowest BCUT2D eigenvalue weighted by molar-refractivity contribution is 0.0648. The van der Waals surface area contributed by atoms with Gasteiger partial charge in [0.2, 0.25) is 0 Å². The third kappa shape index (κ3) is 1.87. The van der Waals surface area contributed by atoms with Crippen LogP contribution in [0.25, 0.3) is 0 Å². The van der Waals surface area contributed by atoms with Crippen molar-refractivity contribution >= 4 is 5.91 Å². The van der Waals surface area contributed by atoms with Crippen LogP contribution in [0, 0.1) is 5.82 Å². The third-order valence-corrected chi connectivity index (χ3v) is 3.13. The van der Waals surface area contributed by atoms with Gasteiger partial charge in [-0.1, -0.05) is 0 Å². The van der Waals surface area contributed by atoms with Gasteiger partial charge in [-0.25, -0.2) is 4.39 Å². The van der Waals surface area contributed by atoms with Gasteiger partial charge in [-0.2, -0.15) is 0 Å². The van der Waals surface area contributed by atoms with E-state index in [4.69, 9.17) is 0 Å². The van der Waals surface area contributed by atoms with Gasteiger partial charge in [0.05, 0.1) is 5.56 Å². The molecule has 0 bridgehead atoms. The van der Waals surface area contributed by atoms with Crippen LogP contribution in [0.5, 0.6) is 5.75 Å². The summed E-state index contributed by atoms with van der Waals surface area (Å²) in [5.74, 6) is -0.998. The van der Waals surface area contributed by atoms with Crippen molar-refractivity contribution in [1.82, 2.24) is 4.90 Å². The highest BCUT2D eigenvalue weighted by molar-refractivity contribution is 5.96. The van der Waals surface area contributed by atoms with Gasteiger partial charge in [0.15, 0.2) is 0 Å². The summed E-state index contributed by atoms with van der Waals surface area (Å²) in [5.41, 5.74) is 0.0365. The lowest BCUT2D eigenvalue weighted by Gasteiger charge is -2.34. The van der Waals surface area contributed by atoms with E-state index in [0.717, 1.165) is 31.4 Å². The van der Waals surface area contributed by atoms with E-state index in [1.54, 1.807) is 11.9 Å². The third-order valence-electron chi connectivity index (χ3n) is 3.13. The Morgan fingerprint density at radius 2 is 2.19 bits per heavy atom. The molecular weight excluding hydrogens is 209 g/mol. The minimum Gasteiger partial charge on any atom is -0.507 e. The van der Waals surface area contributed by atoms with Crippen LogP contribution in [0.4, 0.5) is 4.39 Å². The zero-order chi connectivity index (χ0) is 11.7. The van der Waals surface area contributed by atoms with E-state index >= 15 is 0 Å². The molecule has 3 nitrogen and oxygen atoms in total. The number of rotatable bonds is 2. The maximum absolute atomic E-state index is 13.0. The molecule has 1 saturated carbocycles. The molecule has 1 aliphatic carbocycles. The Labute approximate surface area is 93.5 Å². The number of benzene rings is 1. The molecule has 0 unspecified atom stereocenters. The molecule has 1 aliphatic rings. The standard InChI is InChI=1S/C12H14FNO2/c1-14(9-3-2-4-9)12(16)10-7-8(13)5-6-11(10)15/h5-7,9,15H,2-4H2,1H3. The van der Waals surface area contributed by atoms with Crippen LogP contribution in [-0.2, 0) is 0 Å². The van der Waals surface area contributed by atoms with E-state index in [1.807, 2.05) is 0 Å². The monoisotopic (exact) mass is 223 g/mol. The second-order valence-electron chi connectivity index (χ2n) is 4.16. The molecule has 16 heavy (non-hydrogen) atoms. The summed E-state index contributed by atoms with van der Waals surface area (Å²) in [4.78, 5) is 13.5. The summed E-state index contributed by atoms with van der Waals surface area (Å²) in [6.45, 7) is 0. The molecule has 0 spiro atoms. The Morgan fingerprint density at radius 3 is 2.75 bits per heavy atom. The van der Waals surface area contributed by atoms with Crippen molar-refractivity contribution in [1.29, 1.82) is 0 Å². The molecule has 0 radical (unpaired) electrons. The topological polar surface area (TPSA) is 40.5 Å². The van der Waals surface area contributed by atoms with E-state index in [-0.39, 0.29) is 23.3 Å². The van der Waals surface area contributed by atoms with Gasteiger partial charge < -0.3 is 10.0 Å². The number of halogens is 1. The number of aromatic hydroxyl groups is 1. The highest BCUT2D eigenvalue weighted by Crippen LogP contribution is 2.27. The molecule has 1 amide bonds. The van der Waals surface area contributed by atoms with Gasteiger partial charge in [0, 0.05) is 13.1 Å². The average molecular weight is 223 g/mol. The summed E-state index contributed by atoms with van der Waals surface area (Å²) in [7, 11) is 1.69. The van der Waals surface area contributed by atoms with Crippen molar-refractivity contribution in [3.8, 4) is 5.75 Å². The lowest BCUT2D eigenvalue weighted by atomic mass is 9.91. The molecule has 1 N–H and O–H groups in total. The van der Waals surface area contributed by atoms with Crippen LogP contribution < -0.4 is 0 Å². The van der Waals surface area contributed by atoms with E-state index < -0.39 is 5.82 Å². The van der Waals surface area contributed by atoms with E-state index in [2.05, 4.69) is 0 Å². The van der Waals surface area contributed by atoms with Crippen molar-refractivity contribution in [3.05, 3.63) is 29.6 Å². The average Bonchev–Trinajstić information content (AvgIpc) is 2.18. The van der Waals surface area contributed by atoms with Gasteiger partial charge in [0.1, 0.15) is 11.6 Å². The minimum absolute atomic E-state index is 0.0365. The summed E-state index contributed by atoms with van der Waals surface area (Å²) in [5, 5.41) is 9.51. The lowest BCUT2D eigenvalue weighted by Crippen LogP contribution is -2.41. The fourth-order valence-corrected chi connectivity index (χ4v) is 1.81. The first-order valence-corrected chi connectivity index (χ1v) is 5.35. The van der Waals surface area contributed by atoms with Crippen molar-refractivity contribution in [3.63, 3.8) is 0 Å². The molecule has 86 valence electrons. The number of hydrogen-bond acceptors (Lipinski definition) is 2. The van der Waals surface area contributed by atoms with Crippen LogP contribution >= 0.6 is 0 Å². The Hall–Kier alpha value is -1.58. The maximum atomic E-state index is 13.0. The summed E-state index contributed by atoms with van der Waals surface area (Å²) in [6, 6.07) is 3.65. The fraction of sp³-hybridized carbons (Fsp3) is 0.417. The largest absolute Gasteiger partial charge is 0.507 e. The molecule has 1 aromatic rings. The molecule has 0 atom stereocenters. The van der Waals surface area contributed by atoms with Gasteiger partial charge in [-0.05, 0) is 37.5 Å². The Balaban J connectivity index is 2.22. The van der Waals surface area contributed by atoms with Crippen LogP contribution in [0.2, 0.25) is 0 Å². The second kappa shape index (κ2) is 4.12. The minimum atomic E-state index is -0.511. The van der Waals surface area contributed by atoms with E-state index in [9.17, 15) is 14.3 Å². The van der Waals surface area contributed by atoms with Gasteiger partial charge in [-0.15, -0.1) is 0 Å². The predicted molar refractivity (Wildman–Crippen MR) is 57.8 cm³/mol. The number of phenols is 1. The number of amides is 1. The number of carbonyl (C=O) groups is 1. The predicted octanol–water partition coefficient (Wildman–Crippen LogP) is 2.16. The molecule has 1 fully saturated rings. The number of phenolic OH excluding ortho intramolecular Hbond substituents is 1. The molecule has 4 heteroatoms. The van der Waals surface area contributed by atoms with Gasteiger partial charge >= 0.3 is 0 Å².